The molecule has 0 unspecified atom stereocenters. The third-order valence-corrected chi connectivity index (χ3v) is 4.63. The van der Waals surface area contributed by atoms with Crippen LogP contribution in [0.1, 0.15) is 11.3 Å². The zero-order valence-electron chi connectivity index (χ0n) is 15.8. The maximum absolute atomic E-state index is 12.0. The first-order valence-corrected chi connectivity index (χ1v) is 9.45. The summed E-state index contributed by atoms with van der Waals surface area (Å²) in [5.74, 6) is 0.336. The van der Waals surface area contributed by atoms with Gasteiger partial charge in [0.15, 0.2) is 0 Å². The number of halogens is 2. The summed E-state index contributed by atoms with van der Waals surface area (Å²) in [4.78, 5) is 12.0. The Balaban J connectivity index is 1.64. The number of ether oxygens (including phenoxy) is 1. The number of aryl methyl sites for hydroxylation is 1. The van der Waals surface area contributed by atoms with Gasteiger partial charge in [0.2, 0.25) is 0 Å². The smallest absolute Gasteiger partial charge is 0.259 e. The van der Waals surface area contributed by atoms with E-state index in [1.165, 1.54) is 6.21 Å². The van der Waals surface area contributed by atoms with E-state index in [2.05, 4.69) is 20.9 Å². The number of aromatic nitrogens is 2. The number of para-hydroxylation sites is 2. The van der Waals surface area contributed by atoms with E-state index in [0.717, 1.165) is 11.4 Å². The topological polar surface area (TPSA) is 80.5 Å². The molecule has 9 heteroatoms. The summed E-state index contributed by atoms with van der Waals surface area (Å²) < 4.78 is 6.80. The summed E-state index contributed by atoms with van der Waals surface area (Å²) in [7, 11) is 1.57. The normalized spacial score (nSPS) is 10.9. The summed E-state index contributed by atoms with van der Waals surface area (Å²) in [6, 6.07) is 14.5. The number of anilines is 1. The summed E-state index contributed by atoms with van der Waals surface area (Å²) in [6.45, 7) is 1.84. The molecule has 2 N–H and O–H groups in total. The second-order valence-corrected chi connectivity index (χ2v) is 6.82. The monoisotopic (exact) mass is 431 g/mol. The average Bonchev–Trinajstić information content (AvgIpc) is 3.00. The lowest BCUT2D eigenvalue weighted by molar-refractivity contribution is -0.119. The van der Waals surface area contributed by atoms with Crippen LogP contribution >= 0.6 is 23.2 Å². The molecule has 29 heavy (non-hydrogen) atoms. The van der Waals surface area contributed by atoms with Gasteiger partial charge in [0.05, 0.1) is 42.5 Å². The zero-order valence-corrected chi connectivity index (χ0v) is 17.3. The van der Waals surface area contributed by atoms with Crippen LogP contribution in [0.5, 0.6) is 5.75 Å². The molecule has 0 bridgehead atoms. The molecule has 0 aliphatic heterocycles. The van der Waals surface area contributed by atoms with Crippen LogP contribution in [0.15, 0.2) is 53.6 Å². The number of hydrogen-bond donors (Lipinski definition) is 2. The first-order chi connectivity index (χ1) is 14.0. The molecule has 3 aromatic rings. The summed E-state index contributed by atoms with van der Waals surface area (Å²) in [6.07, 6.45) is 1.46. The Morgan fingerprint density at radius 1 is 1.24 bits per heavy atom. The van der Waals surface area contributed by atoms with Crippen molar-refractivity contribution in [1.29, 1.82) is 0 Å². The summed E-state index contributed by atoms with van der Waals surface area (Å²) >= 11 is 12.5. The minimum atomic E-state index is -0.317. The van der Waals surface area contributed by atoms with Gasteiger partial charge in [0, 0.05) is 5.02 Å². The number of nitrogens with zero attached hydrogens (tertiary/aromatic N) is 3. The predicted molar refractivity (Wildman–Crippen MR) is 116 cm³/mol. The van der Waals surface area contributed by atoms with E-state index in [-0.39, 0.29) is 12.5 Å². The molecule has 0 aliphatic carbocycles. The number of nitrogens with one attached hydrogen (secondary N) is 2. The van der Waals surface area contributed by atoms with Crippen molar-refractivity contribution in [3.05, 3.63) is 70.0 Å². The molecular formula is C20H19Cl2N5O2. The van der Waals surface area contributed by atoms with Crippen LogP contribution in [0.4, 0.5) is 5.69 Å². The molecule has 150 valence electrons. The predicted octanol–water partition coefficient (Wildman–Crippen LogP) is 4.06. The van der Waals surface area contributed by atoms with Crippen molar-refractivity contribution < 1.29 is 9.53 Å². The van der Waals surface area contributed by atoms with Crippen LogP contribution in [-0.4, -0.2) is 35.6 Å². The lowest BCUT2D eigenvalue weighted by Gasteiger charge is -2.09. The van der Waals surface area contributed by atoms with Gasteiger partial charge in [0.1, 0.15) is 10.9 Å². The molecule has 3 rings (SSSR count). The molecule has 0 saturated carbocycles. The van der Waals surface area contributed by atoms with E-state index >= 15 is 0 Å². The van der Waals surface area contributed by atoms with Crippen molar-refractivity contribution in [3.8, 4) is 11.4 Å². The van der Waals surface area contributed by atoms with Crippen molar-refractivity contribution in [2.45, 2.75) is 6.92 Å². The number of carbonyl (C=O) groups is 1. The van der Waals surface area contributed by atoms with Gasteiger partial charge in [-0.2, -0.15) is 10.2 Å². The van der Waals surface area contributed by atoms with Crippen LogP contribution in [0, 0.1) is 6.92 Å². The Kier molecular flexibility index (Phi) is 6.74. The Labute approximate surface area is 178 Å². The van der Waals surface area contributed by atoms with Crippen molar-refractivity contribution in [2.24, 2.45) is 5.10 Å². The van der Waals surface area contributed by atoms with Gasteiger partial charge in [-0.05, 0) is 37.3 Å². The molecule has 0 atom stereocenters. The van der Waals surface area contributed by atoms with Gasteiger partial charge in [-0.1, -0.05) is 41.4 Å². The van der Waals surface area contributed by atoms with Crippen LogP contribution in [0.25, 0.3) is 5.69 Å². The van der Waals surface area contributed by atoms with Crippen molar-refractivity contribution in [1.82, 2.24) is 15.2 Å². The van der Waals surface area contributed by atoms with Gasteiger partial charge in [-0.15, -0.1) is 0 Å². The molecule has 0 spiro atoms. The van der Waals surface area contributed by atoms with Gasteiger partial charge >= 0.3 is 0 Å². The Morgan fingerprint density at radius 2 is 2.03 bits per heavy atom. The quantitative estimate of drug-likeness (QED) is 0.436. The van der Waals surface area contributed by atoms with E-state index in [0.29, 0.717) is 27.2 Å². The highest BCUT2D eigenvalue weighted by atomic mass is 35.5. The third kappa shape index (κ3) is 5.07. The fourth-order valence-corrected chi connectivity index (χ4v) is 3.12. The minimum absolute atomic E-state index is 0.0339. The SMILES string of the molecule is COc1ccccc1NCC(=O)N/N=C\c1c(C)nn(-c2cccc(Cl)c2)c1Cl. The zero-order chi connectivity index (χ0) is 20.8. The van der Waals surface area contributed by atoms with Crippen LogP contribution in [0.2, 0.25) is 10.2 Å². The van der Waals surface area contributed by atoms with E-state index in [1.807, 2.05) is 30.3 Å². The number of methoxy groups -OCH3 is 1. The molecule has 7 nitrogen and oxygen atoms in total. The number of carbonyl (C=O) groups excluding carboxylic acids is 1. The first-order valence-electron chi connectivity index (χ1n) is 8.69. The number of hydrogen-bond acceptors (Lipinski definition) is 5. The maximum Gasteiger partial charge on any atom is 0.259 e. The van der Waals surface area contributed by atoms with Crippen LogP contribution in [0.3, 0.4) is 0 Å². The average molecular weight is 432 g/mol. The molecule has 2 aromatic carbocycles. The van der Waals surface area contributed by atoms with E-state index in [4.69, 9.17) is 27.9 Å². The molecule has 1 amide bonds. The minimum Gasteiger partial charge on any atom is -0.495 e. The number of rotatable bonds is 7. The highest BCUT2D eigenvalue weighted by Crippen LogP contribution is 2.24. The lowest BCUT2D eigenvalue weighted by atomic mass is 10.3. The highest BCUT2D eigenvalue weighted by Gasteiger charge is 2.13. The molecular weight excluding hydrogens is 413 g/mol. The van der Waals surface area contributed by atoms with Crippen molar-refractivity contribution >= 4 is 41.0 Å². The summed E-state index contributed by atoms with van der Waals surface area (Å²) in [5, 5.41) is 12.3. The molecule has 0 radical (unpaired) electrons. The highest BCUT2D eigenvalue weighted by molar-refractivity contribution is 6.32. The van der Waals surface area contributed by atoms with E-state index in [1.54, 1.807) is 36.9 Å². The molecule has 0 fully saturated rings. The number of amides is 1. The summed E-state index contributed by atoms with van der Waals surface area (Å²) in [5.41, 5.74) is 5.18. The van der Waals surface area contributed by atoms with Crippen LogP contribution in [-0.2, 0) is 4.79 Å². The third-order valence-electron chi connectivity index (χ3n) is 4.03. The largest absolute Gasteiger partial charge is 0.495 e. The van der Waals surface area contributed by atoms with Crippen LogP contribution < -0.4 is 15.5 Å². The Hall–Kier alpha value is -3.03. The van der Waals surface area contributed by atoms with E-state index < -0.39 is 0 Å². The molecule has 1 heterocycles. The standard InChI is InChI=1S/C20H19Cl2N5O2/c1-13-16(20(22)27(26-13)15-7-5-6-14(21)10-15)11-24-25-19(28)12-23-17-8-3-4-9-18(17)29-2/h3-11,23H,12H2,1-2H3,(H,25,28)/b24-11-. The van der Waals surface area contributed by atoms with Gasteiger partial charge in [-0.25, -0.2) is 10.1 Å². The van der Waals surface area contributed by atoms with Gasteiger partial charge < -0.3 is 10.1 Å². The maximum atomic E-state index is 12.0. The second-order valence-electron chi connectivity index (χ2n) is 6.03. The second kappa shape index (κ2) is 9.45. The fourth-order valence-electron chi connectivity index (χ4n) is 2.61. The number of benzene rings is 2. The lowest BCUT2D eigenvalue weighted by Crippen LogP contribution is -2.26. The van der Waals surface area contributed by atoms with Gasteiger partial charge in [0.25, 0.3) is 5.91 Å². The Bertz CT molecular complexity index is 1050. The number of hydrazone groups is 1. The molecule has 0 saturated heterocycles. The van der Waals surface area contributed by atoms with Gasteiger partial charge in [-0.3, -0.25) is 4.79 Å². The first kappa shape index (κ1) is 20.7. The molecule has 0 aliphatic rings. The Morgan fingerprint density at radius 3 is 2.79 bits per heavy atom. The van der Waals surface area contributed by atoms with E-state index in [9.17, 15) is 4.79 Å². The van der Waals surface area contributed by atoms with Crippen molar-refractivity contribution in [3.63, 3.8) is 0 Å². The fraction of sp³-hybridized carbons (Fsp3) is 0.150. The molecule has 1 aromatic heterocycles. The van der Waals surface area contributed by atoms with Crippen molar-refractivity contribution in [2.75, 3.05) is 19.0 Å².